The Bertz CT molecular complexity index is 540. The first-order valence-corrected chi connectivity index (χ1v) is 7.19. The van der Waals surface area contributed by atoms with Crippen LogP contribution >= 0.6 is 0 Å². The fraction of sp³-hybridized carbons (Fsp3) is 0.278. The molecule has 0 amide bonds. The Morgan fingerprint density at radius 3 is 2.14 bits per heavy atom. The van der Waals surface area contributed by atoms with Gasteiger partial charge in [-0.3, -0.25) is 4.79 Å². The Labute approximate surface area is 125 Å². The second-order valence-electron chi connectivity index (χ2n) is 5.08. The highest BCUT2D eigenvalue weighted by Crippen LogP contribution is 2.05. The number of rotatable bonds is 8. The number of hydrogen-bond donors (Lipinski definition) is 1. The van der Waals surface area contributed by atoms with E-state index in [1.54, 1.807) is 0 Å². The summed E-state index contributed by atoms with van der Waals surface area (Å²) in [6.45, 7) is 0.517. The van der Waals surface area contributed by atoms with E-state index in [0.29, 0.717) is 13.0 Å². The number of ether oxygens (including phenoxy) is 1. The standard InChI is InChI=1S/C18H21NO2/c19-17(12-11-15-7-3-1-4-8-15)18(20)14-21-13-16-9-5-2-6-10-16/h1-10,17H,11-14,19H2. The maximum absolute atomic E-state index is 11.9. The van der Waals surface area contributed by atoms with Crippen molar-refractivity contribution < 1.29 is 9.53 Å². The van der Waals surface area contributed by atoms with Gasteiger partial charge in [0.15, 0.2) is 5.78 Å². The lowest BCUT2D eigenvalue weighted by atomic mass is 10.0. The van der Waals surface area contributed by atoms with E-state index >= 15 is 0 Å². The van der Waals surface area contributed by atoms with E-state index in [-0.39, 0.29) is 12.4 Å². The van der Waals surface area contributed by atoms with Crippen LogP contribution in [-0.2, 0) is 22.6 Å². The molecule has 21 heavy (non-hydrogen) atoms. The van der Waals surface area contributed by atoms with Gasteiger partial charge in [-0.1, -0.05) is 60.7 Å². The molecule has 110 valence electrons. The van der Waals surface area contributed by atoms with Crippen LogP contribution in [0.4, 0.5) is 0 Å². The van der Waals surface area contributed by atoms with Crippen LogP contribution in [0.5, 0.6) is 0 Å². The molecule has 0 heterocycles. The average Bonchev–Trinajstić information content (AvgIpc) is 2.54. The zero-order chi connectivity index (χ0) is 14.9. The van der Waals surface area contributed by atoms with E-state index in [4.69, 9.17) is 10.5 Å². The number of carbonyl (C=O) groups is 1. The van der Waals surface area contributed by atoms with Gasteiger partial charge in [0, 0.05) is 0 Å². The molecule has 0 fully saturated rings. The number of carbonyl (C=O) groups excluding carboxylic acids is 1. The summed E-state index contributed by atoms with van der Waals surface area (Å²) in [4.78, 5) is 11.9. The summed E-state index contributed by atoms with van der Waals surface area (Å²) in [5, 5.41) is 0. The van der Waals surface area contributed by atoms with Gasteiger partial charge in [0.2, 0.25) is 0 Å². The molecule has 2 aromatic rings. The lowest BCUT2D eigenvalue weighted by molar-refractivity contribution is -0.125. The maximum Gasteiger partial charge on any atom is 0.175 e. The number of hydrogen-bond acceptors (Lipinski definition) is 3. The maximum atomic E-state index is 11.9. The Morgan fingerprint density at radius 1 is 0.952 bits per heavy atom. The van der Waals surface area contributed by atoms with Crippen molar-refractivity contribution in [3.8, 4) is 0 Å². The van der Waals surface area contributed by atoms with Gasteiger partial charge in [0.05, 0.1) is 12.6 Å². The zero-order valence-electron chi connectivity index (χ0n) is 12.1. The molecule has 0 aliphatic heterocycles. The first kappa shape index (κ1) is 15.4. The summed E-state index contributed by atoms with van der Waals surface area (Å²) in [5.41, 5.74) is 8.17. The van der Waals surface area contributed by atoms with Crippen LogP contribution in [0.3, 0.4) is 0 Å². The van der Waals surface area contributed by atoms with Crippen molar-refractivity contribution in [3.05, 3.63) is 71.8 Å². The molecule has 0 saturated heterocycles. The Kier molecular flexibility index (Phi) is 6.13. The highest BCUT2D eigenvalue weighted by molar-refractivity contribution is 5.84. The van der Waals surface area contributed by atoms with E-state index in [2.05, 4.69) is 0 Å². The molecule has 3 heteroatoms. The normalized spacial score (nSPS) is 12.0. The SMILES string of the molecule is NC(CCc1ccccc1)C(=O)COCc1ccccc1. The molecule has 3 nitrogen and oxygen atoms in total. The number of ketones is 1. The first-order chi connectivity index (χ1) is 10.3. The largest absolute Gasteiger partial charge is 0.369 e. The summed E-state index contributed by atoms with van der Waals surface area (Å²) in [6.07, 6.45) is 1.46. The van der Waals surface area contributed by atoms with Crippen LogP contribution in [-0.4, -0.2) is 18.4 Å². The smallest absolute Gasteiger partial charge is 0.175 e. The predicted octanol–water partition coefficient (Wildman–Crippen LogP) is 2.73. The van der Waals surface area contributed by atoms with Crippen LogP contribution in [0.15, 0.2) is 60.7 Å². The minimum absolute atomic E-state index is 0.0399. The molecule has 1 unspecified atom stereocenters. The average molecular weight is 283 g/mol. The lowest BCUT2D eigenvalue weighted by Gasteiger charge is -2.11. The van der Waals surface area contributed by atoms with Crippen molar-refractivity contribution in [2.45, 2.75) is 25.5 Å². The number of aryl methyl sites for hydroxylation is 1. The summed E-state index contributed by atoms with van der Waals surface area (Å²) in [7, 11) is 0. The molecule has 0 aromatic heterocycles. The van der Waals surface area contributed by atoms with Crippen LogP contribution in [0.2, 0.25) is 0 Å². The predicted molar refractivity (Wildman–Crippen MR) is 83.8 cm³/mol. The van der Waals surface area contributed by atoms with Crippen LogP contribution in [0.1, 0.15) is 17.5 Å². The minimum atomic E-state index is -0.457. The number of benzene rings is 2. The van der Waals surface area contributed by atoms with Gasteiger partial charge >= 0.3 is 0 Å². The van der Waals surface area contributed by atoms with Gasteiger partial charge in [0.25, 0.3) is 0 Å². The summed E-state index contributed by atoms with van der Waals surface area (Å²) in [6, 6.07) is 19.4. The van der Waals surface area contributed by atoms with Gasteiger partial charge in [-0.25, -0.2) is 0 Å². The van der Waals surface area contributed by atoms with E-state index in [9.17, 15) is 4.79 Å². The zero-order valence-corrected chi connectivity index (χ0v) is 12.1. The molecule has 0 aliphatic carbocycles. The highest BCUT2D eigenvalue weighted by Gasteiger charge is 2.13. The molecule has 0 saturated carbocycles. The number of Topliss-reactive ketones (excluding diaryl/α,β-unsaturated/α-hetero) is 1. The Morgan fingerprint density at radius 2 is 1.52 bits per heavy atom. The minimum Gasteiger partial charge on any atom is -0.369 e. The molecule has 2 N–H and O–H groups in total. The van der Waals surface area contributed by atoms with Crippen molar-refractivity contribution in [2.75, 3.05) is 6.61 Å². The van der Waals surface area contributed by atoms with Crippen LogP contribution < -0.4 is 5.73 Å². The van der Waals surface area contributed by atoms with Gasteiger partial charge in [-0.05, 0) is 24.0 Å². The van der Waals surface area contributed by atoms with E-state index in [1.807, 2.05) is 60.7 Å². The van der Waals surface area contributed by atoms with Crippen molar-refractivity contribution in [1.29, 1.82) is 0 Å². The van der Waals surface area contributed by atoms with E-state index < -0.39 is 6.04 Å². The van der Waals surface area contributed by atoms with Gasteiger partial charge in [-0.2, -0.15) is 0 Å². The first-order valence-electron chi connectivity index (χ1n) is 7.19. The monoisotopic (exact) mass is 283 g/mol. The molecule has 0 bridgehead atoms. The Balaban J connectivity index is 1.68. The van der Waals surface area contributed by atoms with Gasteiger partial charge in [-0.15, -0.1) is 0 Å². The molecule has 0 aliphatic rings. The van der Waals surface area contributed by atoms with Gasteiger partial charge in [0.1, 0.15) is 6.61 Å². The third-order valence-corrected chi connectivity index (χ3v) is 3.36. The summed E-state index contributed by atoms with van der Waals surface area (Å²) >= 11 is 0. The molecular formula is C18H21NO2. The second kappa shape index (κ2) is 8.35. The fourth-order valence-corrected chi connectivity index (χ4v) is 2.08. The molecule has 0 spiro atoms. The fourth-order valence-electron chi connectivity index (χ4n) is 2.08. The quantitative estimate of drug-likeness (QED) is 0.810. The topological polar surface area (TPSA) is 52.3 Å². The molecule has 0 radical (unpaired) electrons. The molecule has 2 aromatic carbocycles. The van der Waals surface area contributed by atoms with Crippen molar-refractivity contribution in [3.63, 3.8) is 0 Å². The van der Waals surface area contributed by atoms with Crippen molar-refractivity contribution >= 4 is 5.78 Å². The molecule has 1 atom stereocenters. The Hall–Kier alpha value is -1.97. The summed E-state index contributed by atoms with van der Waals surface area (Å²) < 4.78 is 5.43. The van der Waals surface area contributed by atoms with E-state index in [1.165, 1.54) is 5.56 Å². The van der Waals surface area contributed by atoms with Crippen molar-refractivity contribution in [1.82, 2.24) is 0 Å². The lowest BCUT2D eigenvalue weighted by Crippen LogP contribution is -2.33. The van der Waals surface area contributed by atoms with Crippen LogP contribution in [0.25, 0.3) is 0 Å². The third-order valence-electron chi connectivity index (χ3n) is 3.36. The van der Waals surface area contributed by atoms with Gasteiger partial charge < -0.3 is 10.5 Å². The highest BCUT2D eigenvalue weighted by atomic mass is 16.5. The number of nitrogens with two attached hydrogens (primary N) is 1. The molecular weight excluding hydrogens is 262 g/mol. The molecule has 2 rings (SSSR count). The second-order valence-corrected chi connectivity index (χ2v) is 5.08. The summed E-state index contributed by atoms with van der Waals surface area (Å²) in [5.74, 6) is -0.0399. The third kappa shape index (κ3) is 5.50. The van der Waals surface area contributed by atoms with E-state index in [0.717, 1.165) is 12.0 Å². The van der Waals surface area contributed by atoms with Crippen LogP contribution in [0, 0.1) is 0 Å². The van der Waals surface area contributed by atoms with Crippen molar-refractivity contribution in [2.24, 2.45) is 5.73 Å².